The molecule has 0 aliphatic heterocycles. The second kappa shape index (κ2) is 8.79. The first-order valence-corrected chi connectivity index (χ1v) is 8.30. The lowest BCUT2D eigenvalue weighted by Gasteiger charge is -2.16. The van der Waals surface area contributed by atoms with Crippen LogP contribution in [0, 0.1) is 5.82 Å². The van der Waals surface area contributed by atoms with Gasteiger partial charge in [0, 0.05) is 23.1 Å². The number of benzene rings is 2. The minimum Gasteiger partial charge on any atom is -0.352 e. The highest BCUT2D eigenvalue weighted by molar-refractivity contribution is 9.10. The number of amides is 1. The highest BCUT2D eigenvalue weighted by Gasteiger charge is 2.08. The van der Waals surface area contributed by atoms with E-state index in [2.05, 4.69) is 45.3 Å². The number of nitrogens with zero attached hydrogens (tertiary/aromatic N) is 1. The molecule has 0 atom stereocenters. The van der Waals surface area contributed by atoms with E-state index in [0.717, 1.165) is 19.5 Å². The Hall–Kier alpha value is -1.72. The van der Waals surface area contributed by atoms with E-state index in [-0.39, 0.29) is 5.91 Å². The number of hydrogen-bond acceptors (Lipinski definition) is 2. The van der Waals surface area contributed by atoms with Crippen LogP contribution in [0.15, 0.2) is 53.0 Å². The Balaban J connectivity index is 1.71. The molecule has 0 spiro atoms. The van der Waals surface area contributed by atoms with Crippen LogP contribution in [0.5, 0.6) is 0 Å². The van der Waals surface area contributed by atoms with Crippen molar-refractivity contribution in [3.05, 3.63) is 69.9 Å². The molecule has 1 N–H and O–H groups in total. The SMILES string of the molecule is CN(CCCNC(=O)c1cc(F)cc(Br)c1)Cc1ccccc1. The summed E-state index contributed by atoms with van der Waals surface area (Å²) in [6.07, 6.45) is 0.839. The average Bonchev–Trinajstić information content (AvgIpc) is 2.51. The largest absolute Gasteiger partial charge is 0.352 e. The van der Waals surface area contributed by atoms with Crippen LogP contribution in [0.1, 0.15) is 22.3 Å². The van der Waals surface area contributed by atoms with Gasteiger partial charge >= 0.3 is 0 Å². The number of halogens is 2. The smallest absolute Gasteiger partial charge is 0.251 e. The van der Waals surface area contributed by atoms with E-state index in [4.69, 9.17) is 0 Å². The topological polar surface area (TPSA) is 32.3 Å². The molecule has 0 aliphatic rings. The van der Waals surface area contributed by atoms with Crippen molar-refractivity contribution < 1.29 is 9.18 Å². The highest BCUT2D eigenvalue weighted by atomic mass is 79.9. The molecule has 0 aromatic heterocycles. The lowest BCUT2D eigenvalue weighted by molar-refractivity contribution is 0.0951. The van der Waals surface area contributed by atoms with E-state index >= 15 is 0 Å². The van der Waals surface area contributed by atoms with E-state index in [1.807, 2.05) is 18.2 Å². The molecular weight excluding hydrogens is 359 g/mol. The van der Waals surface area contributed by atoms with Crippen molar-refractivity contribution >= 4 is 21.8 Å². The lowest BCUT2D eigenvalue weighted by atomic mass is 10.2. The van der Waals surface area contributed by atoms with E-state index in [1.165, 1.54) is 17.7 Å². The first kappa shape index (κ1) is 17.6. The summed E-state index contributed by atoms with van der Waals surface area (Å²) in [5, 5.41) is 2.82. The van der Waals surface area contributed by atoms with Gasteiger partial charge in [0.2, 0.25) is 0 Å². The summed E-state index contributed by atoms with van der Waals surface area (Å²) < 4.78 is 13.8. The predicted molar refractivity (Wildman–Crippen MR) is 93.8 cm³/mol. The van der Waals surface area contributed by atoms with Crippen LogP contribution < -0.4 is 5.32 Å². The molecule has 2 rings (SSSR count). The van der Waals surface area contributed by atoms with Gasteiger partial charge in [0.1, 0.15) is 5.82 Å². The fourth-order valence-electron chi connectivity index (χ4n) is 2.31. The van der Waals surface area contributed by atoms with Crippen molar-refractivity contribution in [2.75, 3.05) is 20.1 Å². The molecule has 2 aromatic rings. The molecule has 2 aromatic carbocycles. The standard InChI is InChI=1S/C18H20BrFN2O/c1-22(13-14-6-3-2-4-7-14)9-5-8-21-18(23)15-10-16(19)12-17(20)11-15/h2-4,6-7,10-12H,5,8-9,13H2,1H3,(H,21,23). The van der Waals surface area contributed by atoms with Gasteiger partial charge in [-0.15, -0.1) is 0 Å². The van der Waals surface area contributed by atoms with Gasteiger partial charge in [-0.1, -0.05) is 46.3 Å². The maximum atomic E-state index is 13.3. The van der Waals surface area contributed by atoms with E-state index < -0.39 is 5.82 Å². The summed E-state index contributed by atoms with van der Waals surface area (Å²) in [5.74, 6) is -0.678. The van der Waals surface area contributed by atoms with Crippen LogP contribution in [0.3, 0.4) is 0 Å². The molecule has 122 valence electrons. The van der Waals surface area contributed by atoms with Gasteiger partial charge in [-0.05, 0) is 43.8 Å². The van der Waals surface area contributed by atoms with Crippen LogP contribution in [-0.4, -0.2) is 30.9 Å². The Morgan fingerprint density at radius 1 is 1.22 bits per heavy atom. The maximum Gasteiger partial charge on any atom is 0.251 e. The Morgan fingerprint density at radius 3 is 2.65 bits per heavy atom. The number of carbonyl (C=O) groups excluding carboxylic acids is 1. The molecule has 1 amide bonds. The van der Waals surface area contributed by atoms with Crippen LogP contribution in [0.4, 0.5) is 4.39 Å². The molecule has 23 heavy (non-hydrogen) atoms. The summed E-state index contributed by atoms with van der Waals surface area (Å²) in [7, 11) is 2.05. The van der Waals surface area contributed by atoms with Crippen molar-refractivity contribution in [3.63, 3.8) is 0 Å². The van der Waals surface area contributed by atoms with Crippen molar-refractivity contribution in [3.8, 4) is 0 Å². The predicted octanol–water partition coefficient (Wildman–Crippen LogP) is 3.84. The normalized spacial score (nSPS) is 10.8. The van der Waals surface area contributed by atoms with E-state index in [1.54, 1.807) is 6.07 Å². The zero-order valence-corrected chi connectivity index (χ0v) is 14.6. The van der Waals surface area contributed by atoms with Crippen LogP contribution in [0.25, 0.3) is 0 Å². The summed E-state index contributed by atoms with van der Waals surface area (Å²) in [6.45, 7) is 2.32. The van der Waals surface area contributed by atoms with Gasteiger partial charge in [-0.25, -0.2) is 4.39 Å². The first-order valence-electron chi connectivity index (χ1n) is 7.51. The number of hydrogen-bond donors (Lipinski definition) is 1. The first-order chi connectivity index (χ1) is 11.0. The molecule has 0 bridgehead atoms. The molecule has 0 saturated carbocycles. The summed E-state index contributed by atoms with van der Waals surface area (Å²) in [5.41, 5.74) is 1.60. The quantitative estimate of drug-likeness (QED) is 0.742. The van der Waals surface area contributed by atoms with Crippen LogP contribution in [0.2, 0.25) is 0 Å². The lowest BCUT2D eigenvalue weighted by Crippen LogP contribution is -2.28. The molecular formula is C18H20BrFN2O. The molecule has 0 saturated heterocycles. The molecule has 0 fully saturated rings. The third-order valence-corrected chi connectivity index (χ3v) is 3.88. The number of rotatable bonds is 7. The maximum absolute atomic E-state index is 13.3. The Morgan fingerprint density at radius 2 is 1.96 bits per heavy atom. The summed E-state index contributed by atoms with van der Waals surface area (Å²) in [4.78, 5) is 14.2. The van der Waals surface area contributed by atoms with Crippen molar-refractivity contribution in [1.82, 2.24) is 10.2 Å². The number of nitrogens with one attached hydrogen (secondary N) is 1. The second-order valence-electron chi connectivity index (χ2n) is 5.49. The average molecular weight is 379 g/mol. The molecule has 0 heterocycles. The van der Waals surface area contributed by atoms with E-state index in [9.17, 15) is 9.18 Å². The Kier molecular flexibility index (Phi) is 6.74. The highest BCUT2D eigenvalue weighted by Crippen LogP contribution is 2.14. The molecule has 0 aliphatic carbocycles. The molecule has 0 unspecified atom stereocenters. The van der Waals surface area contributed by atoms with Gasteiger partial charge < -0.3 is 10.2 Å². The molecule has 0 radical (unpaired) electrons. The van der Waals surface area contributed by atoms with Crippen LogP contribution in [-0.2, 0) is 6.54 Å². The van der Waals surface area contributed by atoms with Gasteiger partial charge in [-0.2, -0.15) is 0 Å². The molecule has 5 heteroatoms. The zero-order valence-electron chi connectivity index (χ0n) is 13.1. The second-order valence-corrected chi connectivity index (χ2v) is 6.41. The minimum absolute atomic E-state index is 0.254. The van der Waals surface area contributed by atoms with Gasteiger partial charge in [-0.3, -0.25) is 4.79 Å². The fourth-order valence-corrected chi connectivity index (χ4v) is 2.78. The third-order valence-electron chi connectivity index (χ3n) is 3.42. The third kappa shape index (κ3) is 6.12. The van der Waals surface area contributed by atoms with Crippen molar-refractivity contribution in [2.45, 2.75) is 13.0 Å². The van der Waals surface area contributed by atoms with Crippen LogP contribution >= 0.6 is 15.9 Å². The Bertz CT molecular complexity index is 628. The zero-order chi connectivity index (χ0) is 16.7. The van der Waals surface area contributed by atoms with Crippen molar-refractivity contribution in [2.24, 2.45) is 0 Å². The van der Waals surface area contributed by atoms with Crippen molar-refractivity contribution in [1.29, 1.82) is 0 Å². The summed E-state index contributed by atoms with van der Waals surface area (Å²) >= 11 is 3.19. The Labute approximate surface area is 144 Å². The van der Waals surface area contributed by atoms with E-state index in [0.29, 0.717) is 16.6 Å². The van der Waals surface area contributed by atoms with Gasteiger partial charge in [0.25, 0.3) is 5.91 Å². The minimum atomic E-state index is -0.424. The van der Waals surface area contributed by atoms with Gasteiger partial charge in [0.05, 0.1) is 0 Å². The molecule has 3 nitrogen and oxygen atoms in total. The number of carbonyl (C=O) groups is 1. The fraction of sp³-hybridized carbons (Fsp3) is 0.278. The van der Waals surface area contributed by atoms with Gasteiger partial charge in [0.15, 0.2) is 0 Å². The monoisotopic (exact) mass is 378 g/mol. The summed E-state index contributed by atoms with van der Waals surface area (Å²) in [6, 6.07) is 14.4.